The second kappa shape index (κ2) is 5.82. The molecular weight excluding hydrogens is 392 g/mol. The summed E-state index contributed by atoms with van der Waals surface area (Å²) in [4.78, 5) is 14.9. The normalized spacial score (nSPS) is 18.9. The number of benzene rings is 1. The van der Waals surface area contributed by atoms with E-state index in [2.05, 4.69) is 26.1 Å². The van der Waals surface area contributed by atoms with Gasteiger partial charge in [0.15, 0.2) is 0 Å². The first-order valence-electron chi connectivity index (χ1n) is 7.52. The predicted octanol–water partition coefficient (Wildman–Crippen LogP) is 3.87. The maximum atomic E-state index is 11.7. The third-order valence-electron chi connectivity index (χ3n) is 4.39. The molecule has 0 radical (unpaired) electrons. The molecule has 0 fully saturated rings. The van der Waals surface area contributed by atoms with Crippen LogP contribution in [0.5, 0.6) is 5.75 Å². The average Bonchev–Trinajstić information content (AvgIpc) is 3.21. The van der Waals surface area contributed by atoms with E-state index in [0.29, 0.717) is 12.1 Å². The molecule has 1 unspecified atom stereocenters. The number of fused-ring (bicyclic) bond motifs is 3. The highest BCUT2D eigenvalue weighted by molar-refractivity contribution is 9.10. The number of ether oxygens (including phenoxy) is 1. The summed E-state index contributed by atoms with van der Waals surface area (Å²) in [5, 5.41) is 14.8. The number of aliphatic carboxylic acids is 1. The maximum absolute atomic E-state index is 11.7. The smallest absolute Gasteiger partial charge is 0.353 e. The van der Waals surface area contributed by atoms with Gasteiger partial charge in [-0.15, -0.1) is 11.3 Å². The van der Waals surface area contributed by atoms with Gasteiger partial charge in [-0.3, -0.25) is 0 Å². The van der Waals surface area contributed by atoms with E-state index in [4.69, 9.17) is 4.74 Å². The molecule has 1 aromatic carbocycles. The number of halogens is 1. The number of carbonyl (C=O) groups is 1. The van der Waals surface area contributed by atoms with Crippen molar-refractivity contribution in [3.8, 4) is 5.75 Å². The van der Waals surface area contributed by atoms with Crippen LogP contribution in [0.3, 0.4) is 0 Å². The number of rotatable bonds is 3. The van der Waals surface area contributed by atoms with Gasteiger partial charge in [-0.2, -0.15) is 0 Å². The summed E-state index contributed by atoms with van der Waals surface area (Å²) in [5.74, 6) is -0.121. The highest BCUT2D eigenvalue weighted by Crippen LogP contribution is 2.46. The zero-order valence-electron chi connectivity index (χ0n) is 12.9. The topological polar surface area (TPSA) is 61.8 Å². The molecule has 0 spiro atoms. The first-order valence-corrected chi connectivity index (χ1v) is 9.19. The summed E-state index contributed by atoms with van der Waals surface area (Å²) >= 11 is 5.16. The molecule has 5 nitrogen and oxygen atoms in total. The van der Waals surface area contributed by atoms with Gasteiger partial charge in [0.1, 0.15) is 17.6 Å². The Morgan fingerprint density at radius 1 is 1.46 bits per heavy atom. The van der Waals surface area contributed by atoms with E-state index in [9.17, 15) is 9.90 Å². The number of hydrogen-bond acceptors (Lipinski definition) is 5. The van der Waals surface area contributed by atoms with Crippen LogP contribution in [0.1, 0.15) is 23.0 Å². The number of methoxy groups -OCH3 is 1. The Morgan fingerprint density at radius 3 is 2.96 bits per heavy atom. The molecule has 24 heavy (non-hydrogen) atoms. The molecule has 3 heterocycles. The molecule has 0 amide bonds. The highest BCUT2D eigenvalue weighted by atomic mass is 79.9. The molecule has 124 valence electrons. The molecule has 2 aromatic rings. The van der Waals surface area contributed by atoms with Gasteiger partial charge in [0.2, 0.25) is 0 Å². The molecule has 0 aliphatic carbocycles. The predicted molar refractivity (Wildman–Crippen MR) is 96.4 cm³/mol. The number of nitrogens with zero attached hydrogens (tertiary/aromatic N) is 1. The van der Waals surface area contributed by atoms with Gasteiger partial charge in [-0.05, 0) is 57.9 Å². The average molecular weight is 407 g/mol. The molecule has 2 N–H and O–H groups in total. The number of anilines is 1. The number of carboxylic acids is 1. The minimum atomic E-state index is -0.912. The third kappa shape index (κ3) is 2.31. The molecule has 1 aromatic heterocycles. The summed E-state index contributed by atoms with van der Waals surface area (Å²) in [5.41, 5.74) is 3.32. The van der Waals surface area contributed by atoms with Crippen molar-refractivity contribution in [1.29, 1.82) is 0 Å². The minimum Gasteiger partial charge on any atom is -0.496 e. The van der Waals surface area contributed by atoms with E-state index < -0.39 is 5.97 Å². The number of thiophene rings is 1. The lowest BCUT2D eigenvalue weighted by Crippen LogP contribution is -2.31. The first-order chi connectivity index (χ1) is 11.6. The molecule has 0 bridgehead atoms. The van der Waals surface area contributed by atoms with Crippen molar-refractivity contribution in [2.45, 2.75) is 19.0 Å². The van der Waals surface area contributed by atoms with Gasteiger partial charge in [-0.25, -0.2) is 4.79 Å². The van der Waals surface area contributed by atoms with Crippen LogP contribution in [0.25, 0.3) is 0 Å². The monoisotopic (exact) mass is 406 g/mol. The Morgan fingerprint density at radius 2 is 2.29 bits per heavy atom. The van der Waals surface area contributed by atoms with Crippen LogP contribution in [-0.2, 0) is 11.2 Å². The van der Waals surface area contributed by atoms with Gasteiger partial charge in [-0.1, -0.05) is 6.07 Å². The molecule has 0 saturated carbocycles. The van der Waals surface area contributed by atoms with Gasteiger partial charge in [0.05, 0.1) is 17.3 Å². The van der Waals surface area contributed by atoms with Crippen molar-refractivity contribution in [3.63, 3.8) is 0 Å². The molecule has 0 saturated heterocycles. The van der Waals surface area contributed by atoms with E-state index in [1.54, 1.807) is 18.4 Å². The summed E-state index contributed by atoms with van der Waals surface area (Å²) in [7, 11) is 1.65. The van der Waals surface area contributed by atoms with Crippen LogP contribution >= 0.6 is 27.3 Å². The van der Waals surface area contributed by atoms with Crippen LogP contribution in [0.15, 0.2) is 45.5 Å². The van der Waals surface area contributed by atoms with Crippen LogP contribution in [0, 0.1) is 0 Å². The molecule has 7 heteroatoms. The fourth-order valence-electron chi connectivity index (χ4n) is 3.34. The molecule has 1 atom stereocenters. The van der Waals surface area contributed by atoms with Crippen LogP contribution in [-0.4, -0.2) is 18.2 Å². The standard InChI is InChI=1S/C17H15BrN2O3S/c1-23-13-7-9-4-5-11-15(17(21)22)19-16(14-3-2-6-24-14)20(11)12(9)8-10(13)18/h2-3,6-8,16,19H,4-5H2,1H3,(H,21,22). The lowest BCUT2D eigenvalue weighted by atomic mass is 9.98. The van der Waals surface area contributed by atoms with Crippen LogP contribution in [0.4, 0.5) is 5.69 Å². The second-order valence-electron chi connectivity index (χ2n) is 5.67. The van der Waals surface area contributed by atoms with Crippen molar-refractivity contribution in [1.82, 2.24) is 5.32 Å². The van der Waals surface area contributed by atoms with Crippen LogP contribution < -0.4 is 15.0 Å². The minimum absolute atomic E-state index is 0.189. The summed E-state index contributed by atoms with van der Waals surface area (Å²) in [6.07, 6.45) is 1.29. The van der Waals surface area contributed by atoms with Gasteiger partial charge in [0.25, 0.3) is 0 Å². The fraction of sp³-hybridized carbons (Fsp3) is 0.235. The number of carboxylic acid groups (broad SMARTS) is 1. The molecule has 2 aliphatic heterocycles. The number of nitrogens with one attached hydrogen (secondary N) is 1. The van der Waals surface area contributed by atoms with E-state index in [0.717, 1.165) is 38.5 Å². The van der Waals surface area contributed by atoms with Crippen molar-refractivity contribution >= 4 is 38.9 Å². The lowest BCUT2D eigenvalue weighted by Gasteiger charge is -2.34. The second-order valence-corrected chi connectivity index (χ2v) is 7.51. The summed E-state index contributed by atoms with van der Waals surface area (Å²) in [6, 6.07) is 8.05. The molecule has 4 rings (SSSR count). The summed E-state index contributed by atoms with van der Waals surface area (Å²) < 4.78 is 6.26. The van der Waals surface area contributed by atoms with Crippen molar-refractivity contribution in [3.05, 3.63) is 56.0 Å². The van der Waals surface area contributed by atoms with Crippen molar-refractivity contribution in [2.24, 2.45) is 0 Å². The van der Waals surface area contributed by atoms with Crippen molar-refractivity contribution < 1.29 is 14.6 Å². The fourth-order valence-corrected chi connectivity index (χ4v) is 4.60. The zero-order chi connectivity index (χ0) is 16.8. The van der Waals surface area contributed by atoms with Gasteiger partial charge in [0, 0.05) is 10.6 Å². The SMILES string of the molecule is COc1cc2c(cc1Br)N1C(=C(C(=O)O)NC1c1cccs1)CC2. The molecule has 2 aliphatic rings. The first kappa shape index (κ1) is 15.5. The van der Waals surface area contributed by atoms with Gasteiger partial charge >= 0.3 is 5.97 Å². The lowest BCUT2D eigenvalue weighted by molar-refractivity contribution is -0.133. The van der Waals surface area contributed by atoms with Crippen LogP contribution in [0.2, 0.25) is 0 Å². The van der Waals surface area contributed by atoms with E-state index in [1.807, 2.05) is 29.6 Å². The van der Waals surface area contributed by atoms with E-state index in [1.165, 1.54) is 0 Å². The quantitative estimate of drug-likeness (QED) is 0.809. The Hall–Kier alpha value is -1.99. The Labute approximate surface area is 151 Å². The zero-order valence-corrected chi connectivity index (χ0v) is 15.3. The molecular formula is C17H15BrN2O3S. The van der Waals surface area contributed by atoms with Crippen molar-refractivity contribution in [2.75, 3.05) is 12.0 Å². The van der Waals surface area contributed by atoms with E-state index in [-0.39, 0.29) is 6.17 Å². The van der Waals surface area contributed by atoms with Gasteiger partial charge < -0.3 is 20.1 Å². The number of allylic oxidation sites excluding steroid dienone is 1. The third-order valence-corrected chi connectivity index (χ3v) is 5.93. The summed E-state index contributed by atoms with van der Waals surface area (Å²) in [6.45, 7) is 0. The Bertz CT molecular complexity index is 848. The highest BCUT2D eigenvalue weighted by Gasteiger charge is 2.39. The Kier molecular flexibility index (Phi) is 3.77. The maximum Gasteiger partial charge on any atom is 0.353 e. The largest absolute Gasteiger partial charge is 0.496 e. The Balaban J connectivity index is 1.88. The number of hydrogen-bond donors (Lipinski definition) is 2. The van der Waals surface area contributed by atoms with E-state index >= 15 is 0 Å². The number of aryl methyl sites for hydroxylation is 1.